The van der Waals surface area contributed by atoms with Gasteiger partial charge in [0, 0.05) is 0 Å². The maximum Gasteiger partial charge on any atom is 0.254 e. The fraction of sp³-hybridized carbons (Fsp3) is 0.241. The van der Waals surface area contributed by atoms with Gasteiger partial charge in [-0.1, -0.05) is 42.5 Å². The van der Waals surface area contributed by atoms with E-state index in [1.165, 1.54) is 38.5 Å². The Hall–Kier alpha value is -4.41. The lowest BCUT2D eigenvalue weighted by Gasteiger charge is -2.40. The molecule has 2 N–H and O–H groups in total. The van der Waals surface area contributed by atoms with E-state index in [2.05, 4.69) is 5.43 Å². The molecule has 2 amide bonds. The maximum atomic E-state index is 14.8. The number of carbonyl (C=O) groups is 2. The Balaban J connectivity index is 1.58. The smallest absolute Gasteiger partial charge is 0.254 e. The predicted molar refractivity (Wildman–Crippen MR) is 142 cm³/mol. The highest BCUT2D eigenvalue weighted by Crippen LogP contribution is 2.43. The minimum absolute atomic E-state index is 0.0899. The first-order valence-electron chi connectivity index (χ1n) is 12.3. The predicted octanol–water partition coefficient (Wildman–Crippen LogP) is 3.71. The third-order valence-electron chi connectivity index (χ3n) is 6.95. The molecule has 2 aliphatic heterocycles. The van der Waals surface area contributed by atoms with Crippen molar-refractivity contribution in [2.75, 3.05) is 31.7 Å². The molecule has 3 aromatic carbocycles. The van der Waals surface area contributed by atoms with Gasteiger partial charge in [-0.3, -0.25) is 9.59 Å². The van der Waals surface area contributed by atoms with Crippen LogP contribution in [0.5, 0.6) is 17.2 Å². The average molecular weight is 534 g/mol. The van der Waals surface area contributed by atoms with Crippen LogP contribution in [0.2, 0.25) is 0 Å². The summed E-state index contributed by atoms with van der Waals surface area (Å²) < 4.78 is 31.0. The first kappa shape index (κ1) is 26.2. The molecule has 4 atom stereocenters. The van der Waals surface area contributed by atoms with Gasteiger partial charge in [-0.2, -0.15) is 0 Å². The molecule has 1 saturated heterocycles. The maximum absolute atomic E-state index is 14.8. The van der Waals surface area contributed by atoms with Crippen LogP contribution in [-0.2, 0) is 9.59 Å². The number of ether oxygens (including phenoxy) is 3. The van der Waals surface area contributed by atoms with Crippen LogP contribution in [0.25, 0.3) is 0 Å². The van der Waals surface area contributed by atoms with E-state index in [4.69, 9.17) is 14.2 Å². The van der Waals surface area contributed by atoms with Crippen molar-refractivity contribution in [2.45, 2.75) is 18.2 Å². The summed E-state index contributed by atoms with van der Waals surface area (Å²) >= 11 is 0. The van der Waals surface area contributed by atoms with E-state index in [-0.39, 0.29) is 5.69 Å². The monoisotopic (exact) mass is 533 g/mol. The van der Waals surface area contributed by atoms with Crippen LogP contribution in [0.1, 0.15) is 11.7 Å². The second-order valence-corrected chi connectivity index (χ2v) is 9.10. The van der Waals surface area contributed by atoms with Crippen LogP contribution < -0.4 is 24.5 Å². The molecule has 2 aliphatic rings. The first-order chi connectivity index (χ1) is 18.9. The molecule has 1 fully saturated rings. The van der Waals surface area contributed by atoms with Gasteiger partial charge in [-0.15, -0.1) is 0 Å². The number of amides is 2. The Morgan fingerprint density at radius 3 is 2.13 bits per heavy atom. The summed E-state index contributed by atoms with van der Waals surface area (Å²) in [4.78, 5) is 28.3. The number of aliphatic hydroxyl groups excluding tert-OH is 1. The van der Waals surface area contributed by atoms with Crippen molar-refractivity contribution in [1.29, 1.82) is 0 Å². The van der Waals surface area contributed by atoms with Gasteiger partial charge in [-0.25, -0.2) is 14.3 Å². The molecular formula is C29H28FN3O6. The summed E-state index contributed by atoms with van der Waals surface area (Å²) in [6.45, 7) is 0. The lowest BCUT2D eigenvalue weighted by Crippen LogP contribution is -2.55. The van der Waals surface area contributed by atoms with Gasteiger partial charge in [0.05, 0.1) is 44.7 Å². The first-order valence-corrected chi connectivity index (χ1v) is 12.3. The number of anilines is 2. The molecular weight excluding hydrogens is 505 g/mol. The normalized spacial score (nSPS) is 21.5. The lowest BCUT2D eigenvalue weighted by atomic mass is 9.90. The SMILES string of the molecule is COc1cc(C(O)C2C=CC3C(=O)N(c4ccccc4)C(=O)C3N2Nc2ccccc2F)cc(OC)c1OC. The summed E-state index contributed by atoms with van der Waals surface area (Å²) in [7, 11) is 4.40. The number of halogens is 1. The number of hydrogen-bond donors (Lipinski definition) is 2. The number of hydrogen-bond acceptors (Lipinski definition) is 8. The largest absolute Gasteiger partial charge is 0.493 e. The third kappa shape index (κ3) is 4.58. The molecule has 0 spiro atoms. The summed E-state index contributed by atoms with van der Waals surface area (Å²) in [5.74, 6) is -1.28. The molecule has 39 heavy (non-hydrogen) atoms. The number of nitrogens with zero attached hydrogens (tertiary/aromatic N) is 2. The van der Waals surface area contributed by atoms with E-state index in [0.717, 1.165) is 4.90 Å². The summed E-state index contributed by atoms with van der Waals surface area (Å²) in [6, 6.07) is 15.9. The molecule has 2 heterocycles. The van der Waals surface area contributed by atoms with E-state index in [0.29, 0.717) is 28.5 Å². The Bertz CT molecular complexity index is 1390. The lowest BCUT2D eigenvalue weighted by molar-refractivity contribution is -0.123. The highest BCUT2D eigenvalue weighted by atomic mass is 19.1. The number of fused-ring (bicyclic) bond motifs is 1. The van der Waals surface area contributed by atoms with Crippen LogP contribution in [0.4, 0.5) is 15.8 Å². The zero-order chi connectivity index (χ0) is 27.7. The number of aliphatic hydroxyl groups is 1. The number of para-hydroxylation sites is 2. The number of imide groups is 1. The zero-order valence-corrected chi connectivity index (χ0v) is 21.6. The van der Waals surface area contributed by atoms with E-state index in [9.17, 15) is 19.1 Å². The minimum atomic E-state index is -1.25. The summed E-state index contributed by atoms with van der Waals surface area (Å²) in [5.41, 5.74) is 3.91. The number of benzene rings is 3. The molecule has 9 nitrogen and oxygen atoms in total. The van der Waals surface area contributed by atoms with Crippen molar-refractivity contribution < 1.29 is 33.3 Å². The van der Waals surface area contributed by atoms with Crippen molar-refractivity contribution in [1.82, 2.24) is 5.01 Å². The molecule has 0 aromatic heterocycles. The van der Waals surface area contributed by atoms with Crippen LogP contribution >= 0.6 is 0 Å². The van der Waals surface area contributed by atoms with Gasteiger partial charge in [0.1, 0.15) is 18.0 Å². The average Bonchev–Trinajstić information content (AvgIpc) is 3.22. The van der Waals surface area contributed by atoms with Crippen molar-refractivity contribution in [3.63, 3.8) is 0 Å². The number of hydrazine groups is 1. The second kappa shape index (κ2) is 10.8. The minimum Gasteiger partial charge on any atom is -0.493 e. The molecule has 202 valence electrons. The van der Waals surface area contributed by atoms with E-state index in [1.54, 1.807) is 66.7 Å². The summed E-state index contributed by atoms with van der Waals surface area (Å²) in [6.07, 6.45) is 2.02. The molecule has 0 bridgehead atoms. The molecule has 0 saturated carbocycles. The Morgan fingerprint density at radius 2 is 1.51 bits per heavy atom. The third-order valence-corrected chi connectivity index (χ3v) is 6.95. The molecule has 3 aromatic rings. The van der Waals surface area contributed by atoms with Gasteiger partial charge < -0.3 is 24.7 Å². The standard InChI is InChI=1S/C29H28FN3O6/c1-37-23-15-17(16-24(38-2)27(23)39-3)26(34)22-14-13-19-25(33(22)31-21-12-8-7-11-20(21)30)29(36)32(28(19)35)18-9-5-4-6-10-18/h4-16,19,22,25-26,31,34H,1-3H3. The van der Waals surface area contributed by atoms with Gasteiger partial charge >= 0.3 is 0 Å². The highest BCUT2D eigenvalue weighted by molar-refractivity contribution is 6.24. The van der Waals surface area contributed by atoms with Crippen LogP contribution in [0.15, 0.2) is 78.9 Å². The highest BCUT2D eigenvalue weighted by Gasteiger charge is 2.54. The van der Waals surface area contributed by atoms with Crippen molar-refractivity contribution in [3.8, 4) is 17.2 Å². The van der Waals surface area contributed by atoms with Crippen molar-refractivity contribution in [3.05, 3.63) is 90.3 Å². The van der Waals surface area contributed by atoms with E-state index >= 15 is 0 Å². The summed E-state index contributed by atoms with van der Waals surface area (Å²) in [5, 5.41) is 13.1. The molecule has 10 heteroatoms. The van der Waals surface area contributed by atoms with Crippen molar-refractivity contribution >= 4 is 23.2 Å². The molecule has 0 radical (unpaired) electrons. The van der Waals surface area contributed by atoms with Crippen LogP contribution in [0, 0.1) is 11.7 Å². The molecule has 4 unspecified atom stereocenters. The van der Waals surface area contributed by atoms with E-state index in [1.807, 2.05) is 0 Å². The van der Waals surface area contributed by atoms with Gasteiger partial charge in [0.2, 0.25) is 11.7 Å². The van der Waals surface area contributed by atoms with E-state index < -0.39 is 41.7 Å². The molecule has 0 aliphatic carbocycles. The van der Waals surface area contributed by atoms with Crippen molar-refractivity contribution in [2.24, 2.45) is 5.92 Å². The fourth-order valence-corrected chi connectivity index (χ4v) is 5.06. The number of methoxy groups -OCH3 is 3. The van der Waals surface area contributed by atoms with Crippen LogP contribution in [0.3, 0.4) is 0 Å². The number of rotatable bonds is 8. The Morgan fingerprint density at radius 1 is 0.872 bits per heavy atom. The number of nitrogens with one attached hydrogen (secondary N) is 1. The second-order valence-electron chi connectivity index (χ2n) is 9.10. The topological polar surface area (TPSA) is 101 Å². The quantitative estimate of drug-likeness (QED) is 0.334. The Labute approximate surface area is 225 Å². The van der Waals surface area contributed by atoms with Gasteiger partial charge in [0.15, 0.2) is 11.5 Å². The molecule has 5 rings (SSSR count). The fourth-order valence-electron chi connectivity index (χ4n) is 5.06. The van der Waals surface area contributed by atoms with Gasteiger partial charge in [-0.05, 0) is 42.0 Å². The number of carbonyl (C=O) groups excluding carboxylic acids is 2. The van der Waals surface area contributed by atoms with Crippen LogP contribution in [-0.4, -0.2) is 55.3 Å². The Kier molecular flexibility index (Phi) is 7.23. The van der Waals surface area contributed by atoms with Gasteiger partial charge in [0.25, 0.3) is 5.91 Å². The zero-order valence-electron chi connectivity index (χ0n) is 21.6.